The van der Waals surface area contributed by atoms with Gasteiger partial charge in [0.2, 0.25) is 18.4 Å². The Morgan fingerprint density at radius 3 is 1.00 bits per heavy atom. The number of anilines is 1. The summed E-state index contributed by atoms with van der Waals surface area (Å²) < 4.78 is 27.5. The average molecular weight is 1970 g/mol. The van der Waals surface area contributed by atoms with E-state index in [2.05, 4.69) is 163 Å². The molecule has 0 heterocycles. The molecule has 123 heavy (non-hydrogen) atoms. The van der Waals surface area contributed by atoms with Crippen molar-refractivity contribution >= 4 is 82.8 Å². The number of carbonyl (C=O) groups excluding carboxylic acids is 9. The number of nitrogens with zero attached hydrogens (tertiary/aromatic N) is 2. The molecule has 7 aromatic carbocycles. The summed E-state index contributed by atoms with van der Waals surface area (Å²) in [6.07, 6.45) is 12.3. The fourth-order valence-electron chi connectivity index (χ4n) is 11.2. The zero-order chi connectivity index (χ0) is 92.4. The Labute approximate surface area is 763 Å². The minimum absolute atomic E-state index is 0. The number of primary amides is 2. The van der Waals surface area contributed by atoms with Crippen molar-refractivity contribution < 1.29 is 96.1 Å². The van der Waals surface area contributed by atoms with Crippen molar-refractivity contribution in [3.05, 3.63) is 278 Å². The van der Waals surface area contributed by atoms with Crippen molar-refractivity contribution in [3.8, 4) is 6.07 Å². The van der Waals surface area contributed by atoms with Gasteiger partial charge in [0.1, 0.15) is 6.29 Å². The number of methoxy groups -OCH3 is 2. The quantitative estimate of drug-likeness (QED) is 0.00647. The van der Waals surface area contributed by atoms with Crippen molar-refractivity contribution in [2.75, 3.05) is 65.8 Å². The van der Waals surface area contributed by atoms with E-state index in [-0.39, 0.29) is 62.3 Å². The van der Waals surface area contributed by atoms with Crippen molar-refractivity contribution in [1.82, 2.24) is 10.6 Å². The third kappa shape index (κ3) is 57.9. The molecule has 0 saturated heterocycles. The molecular weight excluding hydrogens is 1830 g/mol. The fourth-order valence-corrected chi connectivity index (χ4v) is 17.6. The number of nitrogens with one attached hydrogen (secondary N) is 4. The molecule has 1 atom stereocenters. The van der Waals surface area contributed by atoms with Crippen LogP contribution >= 0.6 is 0 Å². The number of rotatable bonds is 34. The average Bonchev–Trinajstić information content (AvgIpc) is 0.841. The van der Waals surface area contributed by atoms with Crippen LogP contribution in [0, 0.1) is 59.4 Å². The second kappa shape index (κ2) is 71.4. The van der Waals surface area contributed by atoms with E-state index in [0.29, 0.717) is 95.4 Å². The van der Waals surface area contributed by atoms with Gasteiger partial charge in [-0.1, -0.05) is 237 Å². The molecule has 0 saturated carbocycles. The van der Waals surface area contributed by atoms with Crippen molar-refractivity contribution in [3.63, 3.8) is 0 Å². The maximum absolute atomic E-state index is 11.1. The van der Waals surface area contributed by atoms with Crippen LogP contribution in [0.1, 0.15) is 238 Å². The largest absolute Gasteiger partial charge is 0.677 e. The van der Waals surface area contributed by atoms with Gasteiger partial charge in [0, 0.05) is 108 Å². The molecule has 4 amide bonds. The summed E-state index contributed by atoms with van der Waals surface area (Å²) in [5.41, 5.74) is 57.6. The number of carbonyl (C=O) groups is 9. The summed E-state index contributed by atoms with van der Waals surface area (Å²) in [4.78, 5) is 101. The number of alkyl carbamates (subject to hydrolysis) is 2. The minimum atomic E-state index is -5.43. The van der Waals surface area contributed by atoms with E-state index >= 15 is 0 Å². The summed E-state index contributed by atoms with van der Waals surface area (Å²) in [5.74, 6) is -2.57. The number of nitrogens with two attached hydrogens (primary N) is 5. The van der Waals surface area contributed by atoms with Crippen LogP contribution in [0.25, 0.3) is 16.3 Å². The van der Waals surface area contributed by atoms with Crippen LogP contribution in [-0.2, 0) is 81.7 Å². The molecule has 0 aliphatic heterocycles. The maximum atomic E-state index is 11.1. The van der Waals surface area contributed by atoms with Crippen LogP contribution < -0.4 is 39.3 Å². The monoisotopic (exact) mass is 1970 g/mol. The van der Waals surface area contributed by atoms with E-state index in [1.54, 1.807) is 12.1 Å². The molecule has 0 aromatic heterocycles. The smallest absolute Gasteiger partial charge is 0.406 e. The van der Waals surface area contributed by atoms with Crippen molar-refractivity contribution in [2.24, 2.45) is 22.9 Å². The molecule has 669 valence electrons. The molecule has 7 rings (SSSR count). The van der Waals surface area contributed by atoms with E-state index in [4.69, 9.17) is 52.0 Å². The zero-order valence-corrected chi connectivity index (χ0v) is 81.6. The molecule has 0 spiro atoms. The van der Waals surface area contributed by atoms with Crippen LogP contribution in [0.15, 0.2) is 183 Å². The standard InChI is InChI=1S/C14H20N2O2.C14H16N2.C14H22.C13H19N3O4.C10H16N2.C10H14N2.C8H8O.C4H8.4C2H4O2.Pb.Y/c1-10-2-4-11(5-3-10)12(6-8-13(15)17)7-9-14(16)18;1-12-5-7-14(8-6-12)13(4-3-10-15)9-11-16-2;1-4-6-13(7-5-2)14-10-8-12(3)9-11-14;1-19-12(17)15-7-10(8-16-13(18)20-2)9-3-5-11(14)6-4-9;2*1-8-2-4-9(5-3-8)10(6-11)7-12;1-7-2-4-8(6-9)5-3-7;1-3-4-2;4*1-2(3)4;;/h2-5,12H,6-9H2,1H3,(H2,15,17)(H2,16,18);5-8,13H,3-4,9,11H2,1H3;8-11,13H,4-7H2,1-3H3;3-6,10H,7-8,14H2,1-2H3,(H,15,17)(H,16,18);2-5,10H,6-7,11-12H2,1H3;2-5,10-12H,6-7H2,1H3;2-6H,1H3;3H,1,4H2,2H3;4*1H3,(H,3,4);;/q;;;;;-2;;;;;;;+4;/p-4. The van der Waals surface area contributed by atoms with Crippen LogP contribution in [-0.4, -0.2) is 137 Å². The number of aldehydes is 1. The third-order valence-corrected chi connectivity index (χ3v) is 26.5. The molecule has 0 fully saturated rings. The fraction of sp³-hybridized carbons (Fsp3) is 0.421. The van der Waals surface area contributed by atoms with Crippen molar-refractivity contribution in [2.45, 2.75) is 203 Å². The number of benzene rings is 7. The van der Waals surface area contributed by atoms with Gasteiger partial charge in [-0.2, -0.15) is 5.26 Å². The second-order valence-electron chi connectivity index (χ2n) is 28.6. The van der Waals surface area contributed by atoms with Gasteiger partial charge >= 0.3 is 117 Å². The van der Waals surface area contributed by atoms with Crippen LogP contribution in [0.5, 0.6) is 0 Å². The predicted octanol–water partition coefficient (Wildman–Crippen LogP) is 18.3. The van der Waals surface area contributed by atoms with Crippen LogP contribution in [0.4, 0.5) is 15.3 Å². The molecule has 7 aromatic rings. The molecule has 0 aliphatic rings. The van der Waals surface area contributed by atoms with Gasteiger partial charge in [0.15, 0.2) is 0 Å². The predicted molar refractivity (Wildman–Crippen MR) is 488 cm³/mol. The molecule has 1 unspecified atom stereocenters. The van der Waals surface area contributed by atoms with E-state index in [1.807, 2.05) is 112 Å². The molecule has 28 heteroatoms. The molecule has 14 N–H and O–H groups in total. The number of allylic oxidation sites excluding steroid dienone is 1. The summed E-state index contributed by atoms with van der Waals surface area (Å²) in [7, 11) is 2.58. The molecular formula is C95H135N11O15PbY-2. The first-order chi connectivity index (χ1) is 58.1. The molecule has 26 nitrogen and oxygen atoms in total. The third-order valence-electron chi connectivity index (χ3n) is 18.1. The SMILES string of the molecule is C=CCC.CC(=O)[O][Pb]([O]C(C)=O)([O]C(C)=O)[O]C(C)=O.CCCC(CCC)c1ccc(C)cc1.COC(=O)NCC(CNC(=O)OC)c1ccc(N)cc1.Cc1ccc(C(CCC(N)=O)CCC(N)=O)cc1.Cc1ccc(C(CN)CN)cc1.Cc1ccc(C(C[NH-])C[NH-])cc1.Cc1ccc(C=O)cc1.[C-]#[N+]CCC(CCC#N)c1ccc(C)cc1.[Y]. The van der Waals surface area contributed by atoms with Gasteiger partial charge in [-0.15, -0.1) is 19.7 Å². The van der Waals surface area contributed by atoms with Crippen LogP contribution in [0.3, 0.4) is 0 Å². The van der Waals surface area contributed by atoms with Crippen LogP contribution in [0.2, 0.25) is 0 Å². The van der Waals surface area contributed by atoms with Gasteiger partial charge in [-0.05, 0) is 143 Å². The topological polar surface area (TPSA) is 439 Å². The molecule has 1 radical (unpaired) electrons. The van der Waals surface area contributed by atoms with Gasteiger partial charge in [0.25, 0.3) is 0 Å². The molecule has 0 bridgehead atoms. The van der Waals surface area contributed by atoms with Gasteiger partial charge in [0.05, 0.1) is 20.3 Å². The Morgan fingerprint density at radius 1 is 0.472 bits per heavy atom. The first-order valence-electron chi connectivity index (χ1n) is 40.8. The number of nitrogen functional groups attached to an aromatic ring is 1. The number of nitriles is 1. The summed E-state index contributed by atoms with van der Waals surface area (Å²) in [5, 5.41) is 13.8. The number of aryl methyl sites for hydroxylation is 6. The number of hydrogen-bond donors (Lipinski definition) is 7. The van der Waals surface area contributed by atoms with E-state index in [9.17, 15) is 43.2 Å². The van der Waals surface area contributed by atoms with E-state index in [0.717, 1.165) is 81.4 Å². The Morgan fingerprint density at radius 2 is 0.748 bits per heavy atom. The van der Waals surface area contributed by atoms with Gasteiger partial charge in [-0.3, -0.25) is 14.4 Å². The van der Waals surface area contributed by atoms with E-state index < -0.39 is 59.0 Å². The Bertz CT molecular complexity index is 4000. The molecule has 0 aliphatic carbocycles. The Hall–Kier alpha value is -10.0. The van der Waals surface area contributed by atoms with Gasteiger partial charge in [-0.25, -0.2) is 16.2 Å². The summed E-state index contributed by atoms with van der Waals surface area (Å²) in [6, 6.07) is 58.9. The second-order valence-corrected chi connectivity index (χ2v) is 35.6. The van der Waals surface area contributed by atoms with Crippen molar-refractivity contribution in [1.29, 1.82) is 5.26 Å². The number of ether oxygens (including phenoxy) is 2. The summed E-state index contributed by atoms with van der Waals surface area (Å²) >= 11 is -5.43. The number of amides is 4. The Kier molecular flexibility index (Phi) is 68.0. The normalized spacial score (nSPS) is 10.2. The first kappa shape index (κ1) is 117. The summed E-state index contributed by atoms with van der Waals surface area (Å²) in [6.45, 7) is 36.3. The Balaban J connectivity index is -0.00000134. The van der Waals surface area contributed by atoms with E-state index in [1.165, 1.54) is 90.0 Å². The first-order valence-corrected chi connectivity index (χ1v) is 47.1. The maximum Gasteiger partial charge on any atom is 0.406 e. The number of hydrogen-bond acceptors (Lipinski definition) is 19. The minimum Gasteiger partial charge on any atom is -0.677 e. The van der Waals surface area contributed by atoms with Gasteiger partial charge < -0.3 is 65.1 Å². The zero-order valence-electron chi connectivity index (χ0n) is 74.9.